The molecule has 0 atom stereocenters. The number of rotatable bonds is 1. The van der Waals surface area contributed by atoms with Crippen molar-refractivity contribution in [2.45, 2.75) is 0 Å². The second kappa shape index (κ2) is 3.04. The van der Waals surface area contributed by atoms with Crippen LogP contribution in [0.1, 0.15) is 10.5 Å². The second-order valence-corrected chi connectivity index (χ2v) is 1.94. The van der Waals surface area contributed by atoms with Crippen LogP contribution < -0.4 is 0 Å². The van der Waals surface area contributed by atoms with Gasteiger partial charge >= 0.3 is 12.1 Å². The van der Waals surface area contributed by atoms with Crippen LogP contribution in [0.5, 0.6) is 0 Å². The van der Waals surface area contributed by atoms with Crippen LogP contribution in [0.4, 0.5) is 4.79 Å². The molecule has 1 N–H and O–H groups in total. The van der Waals surface area contributed by atoms with E-state index in [9.17, 15) is 9.59 Å². The van der Waals surface area contributed by atoms with Gasteiger partial charge in [0.1, 0.15) is 6.33 Å². The maximum Gasteiger partial charge on any atom is 0.418 e. The number of carbonyl (C=O) groups is 2. The lowest BCUT2D eigenvalue weighted by atomic mass is 10.5. The third kappa shape index (κ3) is 1.42. The van der Waals surface area contributed by atoms with Crippen molar-refractivity contribution in [1.82, 2.24) is 9.55 Å². The Hall–Kier alpha value is -1.85. The molecule has 1 aromatic heterocycles. The lowest BCUT2D eigenvalue weighted by Crippen LogP contribution is -2.08. The number of hydrogen-bond acceptors (Lipinski definition) is 4. The molecule has 0 spiro atoms. The number of carbonyl (C=O) groups excluding carboxylic acids is 1. The van der Waals surface area contributed by atoms with Crippen molar-refractivity contribution >= 4 is 12.1 Å². The highest BCUT2D eigenvalue weighted by atomic mass is 16.5. The van der Waals surface area contributed by atoms with Gasteiger partial charge < -0.3 is 9.84 Å². The molecule has 6 nitrogen and oxygen atoms in total. The molecular formula is C6H6N2O4. The van der Waals surface area contributed by atoms with Crippen molar-refractivity contribution < 1.29 is 19.4 Å². The van der Waals surface area contributed by atoms with Crippen molar-refractivity contribution in [2.24, 2.45) is 0 Å². The topological polar surface area (TPSA) is 81.4 Å². The fraction of sp³-hybridized carbons (Fsp3) is 0.167. The zero-order valence-electron chi connectivity index (χ0n) is 6.22. The van der Waals surface area contributed by atoms with E-state index in [1.807, 2.05) is 0 Å². The predicted octanol–water partition coefficient (Wildman–Crippen LogP) is 0.196. The number of carboxylic acids is 1. The van der Waals surface area contributed by atoms with Gasteiger partial charge in [-0.25, -0.2) is 19.1 Å². The van der Waals surface area contributed by atoms with Crippen molar-refractivity contribution in [1.29, 1.82) is 0 Å². The molecule has 0 aliphatic carbocycles. The number of imidazole rings is 1. The fourth-order valence-electron chi connectivity index (χ4n) is 0.639. The zero-order chi connectivity index (χ0) is 9.14. The van der Waals surface area contributed by atoms with Crippen LogP contribution in [-0.2, 0) is 4.74 Å². The Morgan fingerprint density at radius 3 is 2.75 bits per heavy atom. The number of hydrogen-bond donors (Lipinski definition) is 1. The number of aromatic nitrogens is 2. The molecule has 0 aliphatic rings. The molecule has 1 rings (SSSR count). The zero-order valence-corrected chi connectivity index (χ0v) is 6.22. The summed E-state index contributed by atoms with van der Waals surface area (Å²) in [6, 6.07) is 0. The quantitative estimate of drug-likeness (QED) is 0.650. The lowest BCUT2D eigenvalue weighted by molar-refractivity contribution is 0.0691. The summed E-state index contributed by atoms with van der Waals surface area (Å²) in [7, 11) is 1.20. The molecule has 12 heavy (non-hydrogen) atoms. The van der Waals surface area contributed by atoms with Crippen molar-refractivity contribution in [3.63, 3.8) is 0 Å². The molecule has 64 valence electrons. The number of methoxy groups -OCH3 is 1. The smallest absolute Gasteiger partial charge is 0.418 e. The number of carboxylic acid groups (broad SMARTS) is 1. The molecule has 1 heterocycles. The highest BCUT2D eigenvalue weighted by Gasteiger charge is 2.10. The standard InChI is InChI=1S/C6H6N2O4/c1-12-6(11)8-2-4(5(9)10)7-3-8/h2-3H,1H3,(H,9,10). The Morgan fingerprint density at radius 1 is 1.67 bits per heavy atom. The van der Waals surface area contributed by atoms with Gasteiger partial charge in [0.05, 0.1) is 7.11 Å². The molecule has 0 aromatic carbocycles. The molecule has 0 fully saturated rings. The summed E-state index contributed by atoms with van der Waals surface area (Å²) in [5, 5.41) is 8.42. The number of ether oxygens (including phenoxy) is 1. The van der Waals surface area contributed by atoms with Gasteiger partial charge in [0, 0.05) is 6.20 Å². The first-order valence-corrected chi connectivity index (χ1v) is 3.00. The molecule has 0 amide bonds. The van der Waals surface area contributed by atoms with Gasteiger partial charge in [0.25, 0.3) is 0 Å². The highest BCUT2D eigenvalue weighted by Crippen LogP contribution is 1.96. The van der Waals surface area contributed by atoms with Gasteiger partial charge in [-0.2, -0.15) is 0 Å². The second-order valence-electron chi connectivity index (χ2n) is 1.94. The van der Waals surface area contributed by atoms with Gasteiger partial charge in [-0.1, -0.05) is 0 Å². The van der Waals surface area contributed by atoms with Crippen LogP contribution in [-0.4, -0.2) is 33.8 Å². The van der Waals surface area contributed by atoms with E-state index in [4.69, 9.17) is 5.11 Å². The minimum atomic E-state index is -1.18. The van der Waals surface area contributed by atoms with E-state index in [1.165, 1.54) is 7.11 Å². The average molecular weight is 170 g/mol. The lowest BCUT2D eigenvalue weighted by Gasteiger charge is -1.94. The number of nitrogens with zero attached hydrogens (tertiary/aromatic N) is 2. The van der Waals surface area contributed by atoms with Crippen molar-refractivity contribution in [3.8, 4) is 0 Å². The summed E-state index contributed by atoms with van der Waals surface area (Å²) in [5.41, 5.74) is -0.194. The molecule has 1 aromatic rings. The normalized spacial score (nSPS) is 9.42. The first kappa shape index (κ1) is 8.25. The van der Waals surface area contributed by atoms with E-state index in [-0.39, 0.29) is 5.69 Å². The van der Waals surface area contributed by atoms with Crippen LogP contribution in [0.15, 0.2) is 12.5 Å². The third-order valence-corrected chi connectivity index (χ3v) is 1.19. The van der Waals surface area contributed by atoms with Gasteiger partial charge in [-0.3, -0.25) is 0 Å². The van der Waals surface area contributed by atoms with E-state index in [0.717, 1.165) is 17.1 Å². The van der Waals surface area contributed by atoms with Crippen molar-refractivity contribution in [3.05, 3.63) is 18.2 Å². The molecule has 0 aliphatic heterocycles. The fourth-order valence-corrected chi connectivity index (χ4v) is 0.639. The third-order valence-electron chi connectivity index (χ3n) is 1.19. The Morgan fingerprint density at radius 2 is 2.33 bits per heavy atom. The maximum atomic E-state index is 10.8. The van der Waals surface area contributed by atoms with Crippen LogP contribution in [0.2, 0.25) is 0 Å². The molecule has 0 saturated carbocycles. The largest absolute Gasteiger partial charge is 0.476 e. The van der Waals surface area contributed by atoms with Crippen LogP contribution in [0.3, 0.4) is 0 Å². The number of aromatic carboxylic acids is 1. The minimum Gasteiger partial charge on any atom is -0.476 e. The molecule has 0 saturated heterocycles. The first-order chi connectivity index (χ1) is 5.65. The summed E-state index contributed by atoms with van der Waals surface area (Å²) >= 11 is 0. The van der Waals surface area contributed by atoms with E-state index in [1.54, 1.807) is 0 Å². The SMILES string of the molecule is COC(=O)n1cnc(C(=O)O)c1. The van der Waals surface area contributed by atoms with E-state index in [0.29, 0.717) is 0 Å². The summed E-state index contributed by atoms with van der Waals surface area (Å²) in [5.74, 6) is -1.18. The van der Waals surface area contributed by atoms with Crippen LogP contribution in [0, 0.1) is 0 Å². The van der Waals surface area contributed by atoms with Gasteiger partial charge in [0.2, 0.25) is 0 Å². The molecule has 0 bridgehead atoms. The molecular weight excluding hydrogens is 164 g/mol. The van der Waals surface area contributed by atoms with E-state index in [2.05, 4.69) is 9.72 Å². The van der Waals surface area contributed by atoms with Gasteiger partial charge in [-0.05, 0) is 0 Å². The Labute approximate surface area is 67.4 Å². The summed E-state index contributed by atoms with van der Waals surface area (Å²) < 4.78 is 5.27. The van der Waals surface area contributed by atoms with E-state index < -0.39 is 12.1 Å². The Balaban J connectivity index is 2.91. The Kier molecular flexibility index (Phi) is 2.09. The molecule has 0 radical (unpaired) electrons. The summed E-state index contributed by atoms with van der Waals surface area (Å²) in [6.45, 7) is 0. The predicted molar refractivity (Wildman–Crippen MR) is 37.0 cm³/mol. The Bertz CT molecular complexity index is 317. The summed E-state index contributed by atoms with van der Waals surface area (Å²) in [4.78, 5) is 24.5. The monoisotopic (exact) mass is 170 g/mol. The van der Waals surface area contributed by atoms with Crippen LogP contribution in [0.25, 0.3) is 0 Å². The summed E-state index contributed by atoms with van der Waals surface area (Å²) in [6.07, 6.45) is 1.48. The van der Waals surface area contributed by atoms with Gasteiger partial charge in [0.15, 0.2) is 5.69 Å². The minimum absolute atomic E-state index is 0.194. The van der Waals surface area contributed by atoms with Gasteiger partial charge in [-0.15, -0.1) is 0 Å². The van der Waals surface area contributed by atoms with E-state index >= 15 is 0 Å². The highest BCUT2D eigenvalue weighted by molar-refractivity contribution is 5.86. The molecule has 0 unspecified atom stereocenters. The maximum absolute atomic E-state index is 10.8. The molecule has 6 heteroatoms. The average Bonchev–Trinajstić information content (AvgIpc) is 2.51. The first-order valence-electron chi connectivity index (χ1n) is 3.00. The van der Waals surface area contributed by atoms with Crippen molar-refractivity contribution in [2.75, 3.05) is 7.11 Å². The van der Waals surface area contributed by atoms with Crippen LogP contribution >= 0.6 is 0 Å².